The van der Waals surface area contributed by atoms with Crippen LogP contribution in [0.1, 0.15) is 28.4 Å². The second-order valence-electron chi connectivity index (χ2n) is 9.51. The molecule has 0 aliphatic carbocycles. The Bertz CT molecular complexity index is 1520. The van der Waals surface area contributed by atoms with Gasteiger partial charge < -0.3 is 19.3 Å². The van der Waals surface area contributed by atoms with Crippen molar-refractivity contribution in [2.24, 2.45) is 0 Å². The van der Waals surface area contributed by atoms with Crippen molar-refractivity contribution in [1.82, 2.24) is 9.47 Å². The molecule has 0 bridgehead atoms. The molecule has 1 saturated heterocycles. The van der Waals surface area contributed by atoms with E-state index in [2.05, 4.69) is 27.4 Å². The van der Waals surface area contributed by atoms with Crippen molar-refractivity contribution >= 4 is 28.4 Å². The zero-order valence-corrected chi connectivity index (χ0v) is 20.7. The molecule has 0 atom stereocenters. The summed E-state index contributed by atoms with van der Waals surface area (Å²) >= 11 is 0. The average Bonchev–Trinajstić information content (AvgIpc) is 3.44. The minimum absolute atomic E-state index is 0.122. The van der Waals surface area contributed by atoms with E-state index in [0.717, 1.165) is 54.9 Å². The van der Waals surface area contributed by atoms with Crippen molar-refractivity contribution in [3.8, 4) is 11.5 Å². The molecular formula is C30H28FN3O3. The number of hydrogen-bond donors (Lipinski definition) is 1. The number of ether oxygens (including phenoxy) is 1. The number of phenolic OH excluding ortho intramolecular Hbond substituents is 1. The molecule has 2 aliphatic rings. The van der Waals surface area contributed by atoms with Gasteiger partial charge in [-0.25, -0.2) is 4.39 Å². The molecule has 6 rings (SSSR count). The van der Waals surface area contributed by atoms with Crippen LogP contribution in [0.5, 0.6) is 11.5 Å². The highest BCUT2D eigenvalue weighted by Gasteiger charge is 2.32. The Labute approximate surface area is 214 Å². The minimum atomic E-state index is -0.241. The molecule has 6 nitrogen and oxygen atoms in total. The van der Waals surface area contributed by atoms with Crippen molar-refractivity contribution in [3.05, 3.63) is 95.1 Å². The summed E-state index contributed by atoms with van der Waals surface area (Å²) in [7, 11) is 0. The van der Waals surface area contributed by atoms with Crippen LogP contribution in [0.15, 0.2) is 72.6 Å². The number of anilines is 1. The van der Waals surface area contributed by atoms with E-state index in [9.17, 15) is 14.3 Å². The van der Waals surface area contributed by atoms with Crippen LogP contribution in [-0.4, -0.2) is 46.5 Å². The molecule has 0 saturated carbocycles. The van der Waals surface area contributed by atoms with Crippen molar-refractivity contribution in [1.29, 1.82) is 0 Å². The summed E-state index contributed by atoms with van der Waals surface area (Å²) in [6.07, 6.45) is 3.84. The van der Waals surface area contributed by atoms with Crippen LogP contribution in [0, 0.1) is 5.82 Å². The smallest absolute Gasteiger partial charge is 0.231 e. The molecule has 0 radical (unpaired) electrons. The van der Waals surface area contributed by atoms with Crippen molar-refractivity contribution in [2.45, 2.75) is 20.0 Å². The maximum absolute atomic E-state index is 13.3. The van der Waals surface area contributed by atoms with Crippen LogP contribution in [0.3, 0.4) is 0 Å². The van der Waals surface area contributed by atoms with Crippen LogP contribution in [0.4, 0.5) is 10.1 Å². The van der Waals surface area contributed by atoms with Crippen molar-refractivity contribution in [2.75, 3.05) is 31.1 Å². The number of ketones is 1. The number of hydrogen-bond acceptors (Lipinski definition) is 5. The Kier molecular flexibility index (Phi) is 5.93. The Hall–Kier alpha value is -4.10. The molecule has 37 heavy (non-hydrogen) atoms. The maximum Gasteiger partial charge on any atom is 0.231 e. The lowest BCUT2D eigenvalue weighted by Gasteiger charge is -2.36. The number of Topliss-reactive ketones (excluding diaryl/α,β-unsaturated/α-hetero) is 1. The third kappa shape index (κ3) is 4.25. The summed E-state index contributed by atoms with van der Waals surface area (Å²) in [5, 5.41) is 11.8. The van der Waals surface area contributed by atoms with Crippen LogP contribution >= 0.6 is 0 Å². The second-order valence-corrected chi connectivity index (χ2v) is 9.51. The van der Waals surface area contributed by atoms with E-state index in [0.29, 0.717) is 23.4 Å². The van der Waals surface area contributed by atoms with Gasteiger partial charge in [-0.3, -0.25) is 9.69 Å². The number of phenols is 1. The first-order chi connectivity index (χ1) is 18.0. The first-order valence-corrected chi connectivity index (χ1v) is 12.6. The lowest BCUT2D eigenvalue weighted by atomic mass is 10.0. The summed E-state index contributed by atoms with van der Waals surface area (Å²) < 4.78 is 21.6. The van der Waals surface area contributed by atoms with Crippen molar-refractivity contribution in [3.63, 3.8) is 0 Å². The molecule has 0 amide bonds. The lowest BCUT2D eigenvalue weighted by Crippen LogP contribution is -2.46. The van der Waals surface area contributed by atoms with E-state index in [1.165, 1.54) is 12.1 Å². The molecule has 3 heterocycles. The average molecular weight is 498 g/mol. The fourth-order valence-corrected chi connectivity index (χ4v) is 5.28. The van der Waals surface area contributed by atoms with Crippen LogP contribution < -0.4 is 9.64 Å². The van der Waals surface area contributed by atoms with Gasteiger partial charge in [-0.15, -0.1) is 0 Å². The van der Waals surface area contributed by atoms with Gasteiger partial charge in [0, 0.05) is 67.6 Å². The van der Waals surface area contributed by atoms with Gasteiger partial charge in [-0.1, -0.05) is 18.2 Å². The number of rotatable bonds is 5. The highest BCUT2D eigenvalue weighted by Crippen LogP contribution is 2.40. The Balaban J connectivity index is 1.23. The van der Waals surface area contributed by atoms with Gasteiger partial charge in [0.25, 0.3) is 0 Å². The molecule has 1 fully saturated rings. The normalized spacial score (nSPS) is 17.0. The predicted molar refractivity (Wildman–Crippen MR) is 143 cm³/mol. The fraction of sp³-hybridized carbons (Fsp3) is 0.233. The summed E-state index contributed by atoms with van der Waals surface area (Å²) in [4.78, 5) is 17.7. The Morgan fingerprint density at radius 1 is 1.00 bits per heavy atom. The number of aryl methyl sites for hydroxylation is 1. The monoisotopic (exact) mass is 497 g/mol. The zero-order chi connectivity index (χ0) is 25.5. The number of piperazine rings is 1. The van der Waals surface area contributed by atoms with Gasteiger partial charge >= 0.3 is 0 Å². The van der Waals surface area contributed by atoms with Gasteiger partial charge in [-0.05, 0) is 55.5 Å². The number of allylic oxidation sites excluding steroid dienone is 1. The molecule has 0 spiro atoms. The first kappa shape index (κ1) is 23.3. The lowest BCUT2D eigenvalue weighted by molar-refractivity contribution is 0.101. The van der Waals surface area contributed by atoms with Crippen LogP contribution in [-0.2, 0) is 13.1 Å². The van der Waals surface area contributed by atoms with E-state index in [1.54, 1.807) is 30.3 Å². The number of halogens is 1. The molecule has 4 aromatic rings. The number of aromatic hydroxyl groups is 1. The number of fused-ring (bicyclic) bond motifs is 2. The predicted octanol–water partition coefficient (Wildman–Crippen LogP) is 5.44. The molecular weight excluding hydrogens is 469 g/mol. The molecule has 1 aromatic heterocycles. The second kappa shape index (κ2) is 9.41. The van der Waals surface area contributed by atoms with Gasteiger partial charge in [0.1, 0.15) is 17.3 Å². The molecule has 7 heteroatoms. The number of carbonyl (C=O) groups is 1. The highest BCUT2D eigenvalue weighted by molar-refractivity contribution is 6.15. The molecule has 1 N–H and O–H groups in total. The van der Waals surface area contributed by atoms with Crippen molar-refractivity contribution < 1.29 is 19.0 Å². The maximum atomic E-state index is 13.3. The van der Waals surface area contributed by atoms with Gasteiger partial charge in [0.15, 0.2) is 5.76 Å². The zero-order valence-electron chi connectivity index (χ0n) is 20.7. The SMILES string of the molecule is CCn1cc(/C=C2/Oc3c(ccc(O)c3CN3CCN(c4ccc(F)cc4)CC3)C2=O)c2ccccc21. The van der Waals surface area contributed by atoms with Gasteiger partial charge in [0.2, 0.25) is 5.78 Å². The van der Waals surface area contributed by atoms with E-state index in [1.807, 2.05) is 24.4 Å². The summed E-state index contributed by atoms with van der Waals surface area (Å²) in [6.45, 7) is 6.50. The molecule has 0 unspecified atom stereocenters. The minimum Gasteiger partial charge on any atom is -0.507 e. The quantitative estimate of drug-likeness (QED) is 0.372. The van der Waals surface area contributed by atoms with Crippen LogP contribution in [0.25, 0.3) is 17.0 Å². The number of benzene rings is 3. The van der Waals surface area contributed by atoms with E-state index < -0.39 is 0 Å². The third-order valence-corrected chi connectivity index (χ3v) is 7.31. The standard InChI is InChI=1S/C30H28FN3O3/c1-2-33-18-20(23-5-3-4-6-26(23)33)17-28-29(36)24-11-12-27(35)25(30(24)37-28)19-32-13-15-34(16-14-32)22-9-7-21(31)8-10-22/h3-12,17-18,35H,2,13-16,19H2,1H3/b28-17+. The highest BCUT2D eigenvalue weighted by atomic mass is 19.1. The number of nitrogens with zero attached hydrogens (tertiary/aromatic N) is 3. The first-order valence-electron chi connectivity index (χ1n) is 12.6. The Morgan fingerprint density at radius 3 is 2.51 bits per heavy atom. The number of para-hydroxylation sites is 1. The van der Waals surface area contributed by atoms with Gasteiger partial charge in [-0.2, -0.15) is 0 Å². The fourth-order valence-electron chi connectivity index (χ4n) is 5.28. The topological polar surface area (TPSA) is 57.9 Å². The van der Waals surface area contributed by atoms with E-state index in [4.69, 9.17) is 4.74 Å². The van der Waals surface area contributed by atoms with Crippen LogP contribution in [0.2, 0.25) is 0 Å². The number of carbonyl (C=O) groups excluding carboxylic acids is 1. The van der Waals surface area contributed by atoms with E-state index in [-0.39, 0.29) is 23.1 Å². The largest absolute Gasteiger partial charge is 0.507 e. The summed E-state index contributed by atoms with van der Waals surface area (Å²) in [6, 6.07) is 17.9. The van der Waals surface area contributed by atoms with Gasteiger partial charge in [0.05, 0.1) is 11.1 Å². The van der Waals surface area contributed by atoms with E-state index >= 15 is 0 Å². The Morgan fingerprint density at radius 2 is 1.76 bits per heavy atom. The molecule has 3 aromatic carbocycles. The summed E-state index contributed by atoms with van der Waals surface area (Å²) in [5.74, 6) is 0.412. The molecule has 188 valence electrons. The number of aromatic nitrogens is 1. The summed E-state index contributed by atoms with van der Waals surface area (Å²) in [5.41, 5.74) is 4.13. The third-order valence-electron chi connectivity index (χ3n) is 7.31. The molecule has 2 aliphatic heterocycles.